The third kappa shape index (κ3) is 1.94. The van der Waals surface area contributed by atoms with Crippen LogP contribution in [0.4, 0.5) is 5.69 Å². The van der Waals surface area contributed by atoms with Crippen LogP contribution in [0.1, 0.15) is 31.4 Å². The Morgan fingerprint density at radius 3 is 2.87 bits per heavy atom. The Hall–Kier alpha value is -1.57. The maximum absolute atomic E-state index is 10.9. The molecular formula is C13H15NO. The molecule has 0 aliphatic carbocycles. The van der Waals surface area contributed by atoms with Crippen molar-refractivity contribution in [2.45, 2.75) is 26.8 Å². The molecule has 0 fully saturated rings. The number of hydrogen-bond donors (Lipinski definition) is 1. The Balaban J connectivity index is 2.26. The fourth-order valence-electron chi connectivity index (χ4n) is 1.80. The molecule has 1 aromatic rings. The first-order valence-electron chi connectivity index (χ1n) is 5.21. The highest BCUT2D eigenvalue weighted by Crippen LogP contribution is 2.32. The molecule has 2 rings (SSSR count). The molecule has 1 aliphatic rings. The molecule has 1 aromatic carbocycles. The molecule has 2 nitrogen and oxygen atoms in total. The average Bonchev–Trinajstić information content (AvgIpc) is 2.15. The summed E-state index contributed by atoms with van der Waals surface area (Å²) in [5.41, 5.74) is 5.06. The SMILES string of the molecule is CC(=O)C/C=C(\C)c1cccc2c1CN2. The van der Waals surface area contributed by atoms with E-state index < -0.39 is 0 Å². The van der Waals surface area contributed by atoms with E-state index in [9.17, 15) is 4.79 Å². The smallest absolute Gasteiger partial charge is 0.133 e. The van der Waals surface area contributed by atoms with Gasteiger partial charge in [0.25, 0.3) is 0 Å². The molecule has 1 N–H and O–H groups in total. The molecule has 0 saturated carbocycles. The van der Waals surface area contributed by atoms with Crippen molar-refractivity contribution in [3.63, 3.8) is 0 Å². The van der Waals surface area contributed by atoms with Gasteiger partial charge in [0.05, 0.1) is 0 Å². The number of nitrogens with one attached hydrogen (secondary N) is 1. The van der Waals surface area contributed by atoms with E-state index in [4.69, 9.17) is 0 Å². The minimum atomic E-state index is 0.210. The monoisotopic (exact) mass is 201 g/mol. The van der Waals surface area contributed by atoms with Crippen molar-refractivity contribution in [3.8, 4) is 0 Å². The van der Waals surface area contributed by atoms with E-state index >= 15 is 0 Å². The van der Waals surface area contributed by atoms with Crippen LogP contribution in [0.25, 0.3) is 5.57 Å². The van der Waals surface area contributed by atoms with Crippen LogP contribution in [0, 0.1) is 0 Å². The van der Waals surface area contributed by atoms with Crippen LogP contribution in [0.15, 0.2) is 24.3 Å². The second-order valence-corrected chi connectivity index (χ2v) is 3.98. The van der Waals surface area contributed by atoms with Gasteiger partial charge < -0.3 is 5.32 Å². The van der Waals surface area contributed by atoms with Crippen LogP contribution >= 0.6 is 0 Å². The predicted octanol–water partition coefficient (Wildman–Crippen LogP) is 2.99. The minimum Gasteiger partial charge on any atom is -0.381 e. The standard InChI is InChI=1S/C13H15NO/c1-9(6-7-10(2)15)11-4-3-5-13-12(11)8-14-13/h3-6,14H,7-8H2,1-2H3/b9-6+. The molecule has 0 radical (unpaired) electrons. The topological polar surface area (TPSA) is 29.1 Å². The Kier molecular flexibility index (Phi) is 2.58. The highest BCUT2D eigenvalue weighted by atomic mass is 16.1. The van der Waals surface area contributed by atoms with E-state index in [1.165, 1.54) is 22.4 Å². The predicted molar refractivity (Wildman–Crippen MR) is 62.7 cm³/mol. The van der Waals surface area contributed by atoms with Gasteiger partial charge in [-0.15, -0.1) is 0 Å². The van der Waals surface area contributed by atoms with Gasteiger partial charge in [0.1, 0.15) is 5.78 Å². The molecule has 2 heteroatoms. The molecule has 0 spiro atoms. The molecule has 0 bridgehead atoms. The van der Waals surface area contributed by atoms with Gasteiger partial charge in [-0.1, -0.05) is 18.2 Å². The molecule has 1 aliphatic heterocycles. The van der Waals surface area contributed by atoms with E-state index in [2.05, 4.69) is 24.4 Å². The second kappa shape index (κ2) is 3.89. The summed E-state index contributed by atoms with van der Waals surface area (Å²) in [4.78, 5) is 10.9. The van der Waals surface area contributed by atoms with E-state index in [1.807, 2.05) is 12.1 Å². The number of Topliss-reactive ketones (excluding diaryl/α,β-unsaturated/α-hetero) is 1. The van der Waals surface area contributed by atoms with Crippen molar-refractivity contribution >= 4 is 17.0 Å². The molecular weight excluding hydrogens is 186 g/mol. The van der Waals surface area contributed by atoms with Gasteiger partial charge in [-0.05, 0) is 31.1 Å². The third-order valence-electron chi connectivity index (χ3n) is 2.75. The largest absolute Gasteiger partial charge is 0.381 e. The van der Waals surface area contributed by atoms with Crippen LogP contribution in [0.3, 0.4) is 0 Å². The lowest BCUT2D eigenvalue weighted by molar-refractivity contribution is -0.116. The van der Waals surface area contributed by atoms with Gasteiger partial charge in [-0.2, -0.15) is 0 Å². The zero-order valence-corrected chi connectivity index (χ0v) is 9.13. The molecule has 1 heterocycles. The summed E-state index contributed by atoms with van der Waals surface area (Å²) in [5, 5.41) is 3.25. The van der Waals surface area contributed by atoms with Gasteiger partial charge in [0, 0.05) is 24.2 Å². The Morgan fingerprint density at radius 1 is 1.47 bits per heavy atom. The van der Waals surface area contributed by atoms with E-state index in [0.29, 0.717) is 6.42 Å². The molecule has 15 heavy (non-hydrogen) atoms. The molecule has 0 unspecified atom stereocenters. The zero-order valence-electron chi connectivity index (χ0n) is 9.13. The summed E-state index contributed by atoms with van der Waals surface area (Å²) in [6.45, 7) is 4.63. The summed E-state index contributed by atoms with van der Waals surface area (Å²) >= 11 is 0. The summed E-state index contributed by atoms with van der Waals surface area (Å²) < 4.78 is 0. The van der Waals surface area contributed by atoms with Crippen molar-refractivity contribution < 1.29 is 4.79 Å². The van der Waals surface area contributed by atoms with Gasteiger partial charge in [-0.3, -0.25) is 4.79 Å². The second-order valence-electron chi connectivity index (χ2n) is 3.98. The van der Waals surface area contributed by atoms with Crippen LogP contribution in [0.2, 0.25) is 0 Å². The first kappa shape index (κ1) is 9.97. The number of carbonyl (C=O) groups excluding carboxylic acids is 1. The van der Waals surface area contributed by atoms with Crippen molar-refractivity contribution in [3.05, 3.63) is 35.4 Å². The lowest BCUT2D eigenvalue weighted by Crippen LogP contribution is -2.15. The molecule has 0 amide bonds. The lowest BCUT2D eigenvalue weighted by atomic mass is 9.94. The van der Waals surface area contributed by atoms with Gasteiger partial charge in [0.15, 0.2) is 0 Å². The Labute approximate surface area is 90.0 Å². The number of ketones is 1. The maximum Gasteiger partial charge on any atom is 0.133 e. The van der Waals surface area contributed by atoms with E-state index in [0.717, 1.165) is 6.54 Å². The van der Waals surface area contributed by atoms with Gasteiger partial charge >= 0.3 is 0 Å². The van der Waals surface area contributed by atoms with Crippen molar-refractivity contribution in [2.75, 3.05) is 5.32 Å². The fraction of sp³-hybridized carbons (Fsp3) is 0.308. The summed E-state index contributed by atoms with van der Waals surface area (Å²) in [6, 6.07) is 6.25. The van der Waals surface area contributed by atoms with Gasteiger partial charge in [-0.25, -0.2) is 0 Å². The van der Waals surface area contributed by atoms with Crippen LogP contribution in [-0.2, 0) is 11.3 Å². The fourth-order valence-corrected chi connectivity index (χ4v) is 1.80. The summed E-state index contributed by atoms with van der Waals surface area (Å²) in [6.07, 6.45) is 2.54. The molecule has 78 valence electrons. The van der Waals surface area contributed by atoms with E-state index in [-0.39, 0.29) is 5.78 Å². The third-order valence-corrected chi connectivity index (χ3v) is 2.75. The zero-order chi connectivity index (χ0) is 10.8. The lowest BCUT2D eigenvalue weighted by Gasteiger charge is -2.24. The highest BCUT2D eigenvalue weighted by molar-refractivity contribution is 5.81. The number of anilines is 1. The first-order valence-corrected chi connectivity index (χ1v) is 5.21. The van der Waals surface area contributed by atoms with Crippen LogP contribution in [0.5, 0.6) is 0 Å². The van der Waals surface area contributed by atoms with Crippen LogP contribution in [-0.4, -0.2) is 5.78 Å². The van der Waals surface area contributed by atoms with Crippen molar-refractivity contribution in [1.82, 2.24) is 0 Å². The minimum absolute atomic E-state index is 0.210. The molecule has 0 aromatic heterocycles. The number of fused-ring (bicyclic) bond motifs is 1. The first-order chi connectivity index (χ1) is 7.18. The van der Waals surface area contributed by atoms with Crippen LogP contribution < -0.4 is 5.32 Å². The van der Waals surface area contributed by atoms with Gasteiger partial charge in [0.2, 0.25) is 0 Å². The van der Waals surface area contributed by atoms with Crippen molar-refractivity contribution in [2.24, 2.45) is 0 Å². The highest BCUT2D eigenvalue weighted by Gasteiger charge is 2.15. The van der Waals surface area contributed by atoms with Crippen molar-refractivity contribution in [1.29, 1.82) is 0 Å². The quantitative estimate of drug-likeness (QED) is 0.814. The Morgan fingerprint density at radius 2 is 2.27 bits per heavy atom. The number of hydrogen-bond acceptors (Lipinski definition) is 2. The molecule has 0 atom stereocenters. The molecule has 0 saturated heterocycles. The average molecular weight is 201 g/mol. The Bertz CT molecular complexity index is 432. The summed E-state index contributed by atoms with van der Waals surface area (Å²) in [7, 11) is 0. The number of carbonyl (C=O) groups is 1. The number of rotatable bonds is 3. The normalized spacial score (nSPS) is 13.9. The van der Waals surface area contributed by atoms with E-state index in [1.54, 1.807) is 6.92 Å². The number of allylic oxidation sites excluding steroid dienone is 2. The summed E-state index contributed by atoms with van der Waals surface area (Å²) in [5.74, 6) is 0.210. The maximum atomic E-state index is 10.9. The number of benzene rings is 1.